The first-order valence-electron chi connectivity index (χ1n) is 6.89. The van der Waals surface area contributed by atoms with E-state index in [1.807, 2.05) is 5.32 Å². The molecule has 0 spiro atoms. The number of halogens is 3. The lowest BCUT2D eigenvalue weighted by molar-refractivity contribution is -0.126. The van der Waals surface area contributed by atoms with Crippen molar-refractivity contribution in [2.24, 2.45) is 0 Å². The van der Waals surface area contributed by atoms with Crippen LogP contribution in [0, 0.1) is 17.5 Å². The zero-order valence-electron chi connectivity index (χ0n) is 12.6. The molecule has 0 saturated heterocycles. The molecule has 3 N–H and O–H groups in total. The van der Waals surface area contributed by atoms with Crippen molar-refractivity contribution in [2.45, 2.75) is 0 Å². The van der Waals surface area contributed by atoms with E-state index >= 15 is 0 Å². The predicted octanol–water partition coefficient (Wildman–Crippen LogP) is 1.34. The summed E-state index contributed by atoms with van der Waals surface area (Å²) in [5.74, 6) is -7.09. The average molecular weight is 355 g/mol. The summed E-state index contributed by atoms with van der Waals surface area (Å²) in [6.07, 6.45) is 1.50. The Balaban J connectivity index is 1.77. The van der Waals surface area contributed by atoms with Gasteiger partial charge in [-0.05, 0) is 24.3 Å². The molecule has 0 bridgehead atoms. The van der Waals surface area contributed by atoms with E-state index in [2.05, 4.69) is 15.0 Å². The molecule has 2 aromatic rings. The molecule has 1 aromatic heterocycles. The Kier molecular flexibility index (Phi) is 5.77. The standard InChI is InChI=1S/C15H12F3N3O4/c16-8-3-4-9(14(18)13(8)17)21-11(22)6-20-12(23)7-25-15(24)10-2-1-5-19-10/h1-5,19H,6-7H2,(H,20,23)(H,21,22). The quantitative estimate of drug-likeness (QED) is 0.538. The van der Waals surface area contributed by atoms with Crippen LogP contribution in [0.4, 0.5) is 18.9 Å². The molecule has 10 heteroatoms. The van der Waals surface area contributed by atoms with E-state index < -0.39 is 54.1 Å². The van der Waals surface area contributed by atoms with Crippen molar-refractivity contribution in [3.63, 3.8) is 0 Å². The number of ether oxygens (including phenoxy) is 1. The Morgan fingerprint density at radius 3 is 2.48 bits per heavy atom. The molecular formula is C15H12F3N3O4. The normalized spacial score (nSPS) is 10.2. The largest absolute Gasteiger partial charge is 0.451 e. The van der Waals surface area contributed by atoms with Gasteiger partial charge in [-0.2, -0.15) is 0 Å². The molecule has 1 heterocycles. The molecule has 0 saturated carbocycles. The number of aromatic amines is 1. The molecule has 0 aliphatic rings. The fourth-order valence-electron chi connectivity index (χ4n) is 1.71. The number of esters is 1. The van der Waals surface area contributed by atoms with E-state index in [9.17, 15) is 27.6 Å². The van der Waals surface area contributed by atoms with Gasteiger partial charge in [-0.3, -0.25) is 9.59 Å². The first kappa shape index (κ1) is 18.0. The zero-order valence-corrected chi connectivity index (χ0v) is 12.6. The highest BCUT2D eigenvalue weighted by molar-refractivity contribution is 5.95. The van der Waals surface area contributed by atoms with Crippen molar-refractivity contribution in [2.75, 3.05) is 18.5 Å². The highest BCUT2D eigenvalue weighted by Gasteiger charge is 2.16. The summed E-state index contributed by atoms with van der Waals surface area (Å²) in [7, 11) is 0. The molecule has 0 fully saturated rings. The fraction of sp³-hybridized carbons (Fsp3) is 0.133. The summed E-state index contributed by atoms with van der Waals surface area (Å²) >= 11 is 0. The molecule has 1 aromatic carbocycles. The van der Waals surface area contributed by atoms with E-state index in [0.717, 1.165) is 6.07 Å². The Labute approximate surface area is 139 Å². The van der Waals surface area contributed by atoms with Gasteiger partial charge < -0.3 is 20.4 Å². The minimum atomic E-state index is -1.72. The van der Waals surface area contributed by atoms with Crippen molar-refractivity contribution < 1.29 is 32.3 Å². The third-order valence-corrected chi connectivity index (χ3v) is 2.91. The number of aromatic nitrogens is 1. The number of carbonyl (C=O) groups excluding carboxylic acids is 3. The van der Waals surface area contributed by atoms with Gasteiger partial charge in [-0.15, -0.1) is 0 Å². The second-order valence-corrected chi connectivity index (χ2v) is 4.71. The van der Waals surface area contributed by atoms with E-state index in [-0.39, 0.29) is 5.69 Å². The van der Waals surface area contributed by atoms with Gasteiger partial charge in [0.1, 0.15) is 5.69 Å². The van der Waals surface area contributed by atoms with Crippen LogP contribution in [0.25, 0.3) is 0 Å². The van der Waals surface area contributed by atoms with E-state index in [0.29, 0.717) is 6.07 Å². The van der Waals surface area contributed by atoms with Crippen LogP contribution in [0.2, 0.25) is 0 Å². The first-order valence-corrected chi connectivity index (χ1v) is 6.89. The predicted molar refractivity (Wildman–Crippen MR) is 79.0 cm³/mol. The highest BCUT2D eigenvalue weighted by Crippen LogP contribution is 2.19. The van der Waals surface area contributed by atoms with Gasteiger partial charge in [0.25, 0.3) is 5.91 Å². The maximum absolute atomic E-state index is 13.4. The monoisotopic (exact) mass is 355 g/mol. The topological polar surface area (TPSA) is 100 Å². The number of H-pyrrole nitrogens is 1. The molecule has 2 amide bonds. The summed E-state index contributed by atoms with van der Waals surface area (Å²) in [6.45, 7) is -1.22. The summed E-state index contributed by atoms with van der Waals surface area (Å²) in [5.41, 5.74) is -0.421. The van der Waals surface area contributed by atoms with Gasteiger partial charge in [0.15, 0.2) is 24.1 Å². The molecule has 0 radical (unpaired) electrons. The second kappa shape index (κ2) is 7.99. The van der Waals surface area contributed by atoms with Crippen LogP contribution in [0.3, 0.4) is 0 Å². The van der Waals surface area contributed by atoms with Crippen molar-refractivity contribution >= 4 is 23.5 Å². The van der Waals surface area contributed by atoms with E-state index in [1.165, 1.54) is 12.3 Å². The van der Waals surface area contributed by atoms with Crippen LogP contribution in [0.15, 0.2) is 30.5 Å². The number of anilines is 1. The van der Waals surface area contributed by atoms with Gasteiger partial charge in [-0.1, -0.05) is 0 Å². The van der Waals surface area contributed by atoms with Gasteiger partial charge >= 0.3 is 5.97 Å². The summed E-state index contributed by atoms with van der Waals surface area (Å²) in [5, 5.41) is 4.09. The molecule has 0 aliphatic carbocycles. The molecule has 7 nitrogen and oxygen atoms in total. The summed E-state index contributed by atoms with van der Waals surface area (Å²) in [4.78, 5) is 37.1. The fourth-order valence-corrected chi connectivity index (χ4v) is 1.71. The summed E-state index contributed by atoms with van der Waals surface area (Å²) < 4.78 is 43.9. The van der Waals surface area contributed by atoms with Crippen LogP contribution < -0.4 is 10.6 Å². The van der Waals surface area contributed by atoms with Gasteiger partial charge in [-0.25, -0.2) is 18.0 Å². The summed E-state index contributed by atoms with van der Waals surface area (Å²) in [6, 6.07) is 4.50. The van der Waals surface area contributed by atoms with Crippen molar-refractivity contribution in [1.29, 1.82) is 0 Å². The second-order valence-electron chi connectivity index (χ2n) is 4.71. The van der Waals surface area contributed by atoms with E-state index in [4.69, 9.17) is 0 Å². The van der Waals surface area contributed by atoms with Gasteiger partial charge in [0.05, 0.1) is 12.2 Å². The molecule has 132 valence electrons. The number of hydrogen-bond donors (Lipinski definition) is 3. The number of amides is 2. The van der Waals surface area contributed by atoms with E-state index in [1.54, 1.807) is 6.07 Å². The first-order chi connectivity index (χ1) is 11.9. The van der Waals surface area contributed by atoms with Crippen molar-refractivity contribution in [3.05, 3.63) is 53.6 Å². The minimum Gasteiger partial charge on any atom is -0.451 e. The minimum absolute atomic E-state index is 0.152. The molecule has 2 rings (SSSR count). The number of nitrogens with one attached hydrogen (secondary N) is 3. The van der Waals surface area contributed by atoms with Gasteiger partial charge in [0, 0.05) is 6.20 Å². The molecular weight excluding hydrogens is 343 g/mol. The van der Waals surface area contributed by atoms with Crippen LogP contribution in [0.5, 0.6) is 0 Å². The molecule has 0 aliphatic heterocycles. The number of hydrogen-bond acceptors (Lipinski definition) is 4. The molecule has 25 heavy (non-hydrogen) atoms. The van der Waals surface area contributed by atoms with Gasteiger partial charge in [0.2, 0.25) is 5.91 Å². The Morgan fingerprint density at radius 2 is 1.80 bits per heavy atom. The maximum Gasteiger partial charge on any atom is 0.355 e. The highest BCUT2D eigenvalue weighted by atomic mass is 19.2. The average Bonchev–Trinajstić information content (AvgIpc) is 3.13. The van der Waals surface area contributed by atoms with Crippen molar-refractivity contribution in [3.8, 4) is 0 Å². The van der Waals surface area contributed by atoms with Crippen LogP contribution in [-0.2, 0) is 14.3 Å². The lowest BCUT2D eigenvalue weighted by atomic mass is 10.2. The third-order valence-electron chi connectivity index (χ3n) is 2.91. The van der Waals surface area contributed by atoms with Crippen molar-refractivity contribution in [1.82, 2.24) is 10.3 Å². The maximum atomic E-state index is 13.4. The Bertz CT molecular complexity index is 794. The molecule has 0 unspecified atom stereocenters. The Morgan fingerprint density at radius 1 is 1.04 bits per heavy atom. The third kappa shape index (κ3) is 4.83. The lowest BCUT2D eigenvalue weighted by Gasteiger charge is -2.08. The lowest BCUT2D eigenvalue weighted by Crippen LogP contribution is -2.35. The SMILES string of the molecule is O=C(COC(=O)c1ccc[nH]1)NCC(=O)Nc1ccc(F)c(F)c1F. The number of benzene rings is 1. The molecule has 0 atom stereocenters. The zero-order chi connectivity index (χ0) is 18.4. The van der Waals surface area contributed by atoms with Crippen LogP contribution in [-0.4, -0.2) is 35.9 Å². The smallest absolute Gasteiger partial charge is 0.355 e. The van der Waals surface area contributed by atoms with Crippen LogP contribution >= 0.6 is 0 Å². The Hall–Kier alpha value is -3.30. The number of rotatable bonds is 6. The van der Waals surface area contributed by atoms with Crippen LogP contribution in [0.1, 0.15) is 10.5 Å². The number of carbonyl (C=O) groups is 3.